The molecule has 1 aromatic heterocycles. The van der Waals surface area contributed by atoms with Crippen molar-refractivity contribution in [2.75, 3.05) is 24.2 Å². The van der Waals surface area contributed by atoms with Crippen molar-refractivity contribution in [3.05, 3.63) is 94.7 Å². The normalized spacial score (nSPS) is 10.7. The van der Waals surface area contributed by atoms with E-state index in [1.165, 1.54) is 36.0 Å². The first kappa shape index (κ1) is 25.8. The van der Waals surface area contributed by atoms with E-state index in [9.17, 15) is 19.7 Å². The molecular weight excluding hydrogens is 492 g/mol. The van der Waals surface area contributed by atoms with Crippen LogP contribution in [0.1, 0.15) is 17.3 Å². The average Bonchev–Trinajstić information content (AvgIpc) is 3.26. The summed E-state index contributed by atoms with van der Waals surface area (Å²) in [5, 5.41) is 17.5. The first-order chi connectivity index (χ1) is 17.9. The molecule has 0 saturated heterocycles. The quantitative estimate of drug-likeness (QED) is 0.162. The second-order valence-corrected chi connectivity index (χ2v) is 9.08. The van der Waals surface area contributed by atoms with Gasteiger partial charge in [0, 0.05) is 58.5 Å². The van der Waals surface area contributed by atoms with Gasteiger partial charge >= 0.3 is 0 Å². The van der Waals surface area contributed by atoms with Crippen LogP contribution in [-0.2, 0) is 11.3 Å². The van der Waals surface area contributed by atoms with Crippen LogP contribution in [-0.4, -0.2) is 40.2 Å². The number of carbonyl (C=O) groups is 2. The van der Waals surface area contributed by atoms with Gasteiger partial charge < -0.3 is 19.9 Å². The summed E-state index contributed by atoms with van der Waals surface area (Å²) in [6.07, 6.45) is 1.98. The number of benzene rings is 3. The fourth-order valence-electron chi connectivity index (χ4n) is 3.78. The van der Waals surface area contributed by atoms with Crippen molar-refractivity contribution in [1.29, 1.82) is 0 Å². The lowest BCUT2D eigenvalue weighted by molar-refractivity contribution is -0.384. The van der Waals surface area contributed by atoms with E-state index in [0.29, 0.717) is 30.9 Å². The summed E-state index contributed by atoms with van der Waals surface area (Å²) < 4.78 is 7.47. The molecule has 9 nitrogen and oxygen atoms in total. The number of thioether (sulfide) groups is 1. The van der Waals surface area contributed by atoms with Crippen LogP contribution in [0.2, 0.25) is 0 Å². The van der Waals surface area contributed by atoms with Gasteiger partial charge in [0.15, 0.2) is 0 Å². The van der Waals surface area contributed by atoms with Gasteiger partial charge in [0.1, 0.15) is 5.75 Å². The van der Waals surface area contributed by atoms with Crippen LogP contribution >= 0.6 is 11.8 Å². The minimum atomic E-state index is -0.483. The largest absolute Gasteiger partial charge is 0.494 e. The molecule has 37 heavy (non-hydrogen) atoms. The van der Waals surface area contributed by atoms with Gasteiger partial charge in [-0.3, -0.25) is 19.7 Å². The first-order valence-corrected chi connectivity index (χ1v) is 12.7. The number of ether oxygens (including phenoxy) is 1. The van der Waals surface area contributed by atoms with E-state index >= 15 is 0 Å². The maximum absolute atomic E-state index is 12.5. The van der Waals surface area contributed by atoms with Gasteiger partial charge in [0.2, 0.25) is 5.91 Å². The third-order valence-electron chi connectivity index (χ3n) is 5.54. The first-order valence-electron chi connectivity index (χ1n) is 11.7. The molecule has 0 unspecified atom stereocenters. The van der Waals surface area contributed by atoms with Crippen molar-refractivity contribution < 1.29 is 19.2 Å². The fraction of sp³-hybridized carbons (Fsp3) is 0.185. The number of para-hydroxylation sites is 1. The maximum atomic E-state index is 12.5. The fourth-order valence-corrected chi connectivity index (χ4v) is 4.67. The van der Waals surface area contributed by atoms with E-state index in [0.717, 1.165) is 21.5 Å². The topological polar surface area (TPSA) is 116 Å². The number of anilines is 1. The lowest BCUT2D eigenvalue weighted by Gasteiger charge is -2.08. The molecule has 0 atom stereocenters. The predicted molar refractivity (Wildman–Crippen MR) is 144 cm³/mol. The third-order valence-corrected chi connectivity index (χ3v) is 6.58. The Bertz CT molecular complexity index is 1400. The van der Waals surface area contributed by atoms with Crippen LogP contribution in [0.15, 0.2) is 83.9 Å². The number of nitro groups is 1. The van der Waals surface area contributed by atoms with Crippen molar-refractivity contribution in [3.8, 4) is 5.75 Å². The molecule has 0 spiro atoms. The number of carbonyl (C=O) groups excluding carboxylic acids is 2. The molecule has 2 amide bonds. The van der Waals surface area contributed by atoms with Gasteiger partial charge in [-0.25, -0.2) is 0 Å². The molecule has 0 saturated carbocycles. The Kier molecular flexibility index (Phi) is 8.42. The summed E-state index contributed by atoms with van der Waals surface area (Å²) in [6, 6.07) is 20.7. The lowest BCUT2D eigenvalue weighted by atomic mass is 10.2. The van der Waals surface area contributed by atoms with Gasteiger partial charge in [-0.05, 0) is 49.4 Å². The van der Waals surface area contributed by atoms with E-state index < -0.39 is 4.92 Å². The number of rotatable bonds is 11. The highest BCUT2D eigenvalue weighted by atomic mass is 32.2. The number of fused-ring (bicyclic) bond motifs is 1. The SMILES string of the molecule is CCOc1ccc(C(=O)NCCn2cc(SCC(=O)Nc3ccc([N+](=O)[O-])cc3)c3ccccc32)cc1. The summed E-state index contributed by atoms with van der Waals surface area (Å²) in [4.78, 5) is 36.2. The molecular formula is C27H26N4O5S. The zero-order valence-corrected chi connectivity index (χ0v) is 21.0. The average molecular weight is 519 g/mol. The van der Waals surface area contributed by atoms with Crippen LogP contribution in [0, 0.1) is 10.1 Å². The molecule has 4 rings (SSSR count). The zero-order valence-electron chi connectivity index (χ0n) is 20.2. The predicted octanol–water partition coefficient (Wildman–Crippen LogP) is 5.11. The second-order valence-electron chi connectivity index (χ2n) is 8.06. The maximum Gasteiger partial charge on any atom is 0.269 e. The Morgan fingerprint density at radius 1 is 1.03 bits per heavy atom. The lowest BCUT2D eigenvalue weighted by Crippen LogP contribution is -2.27. The van der Waals surface area contributed by atoms with Crippen LogP contribution in [0.5, 0.6) is 5.75 Å². The van der Waals surface area contributed by atoms with Gasteiger partial charge in [0.25, 0.3) is 11.6 Å². The molecule has 3 aromatic carbocycles. The minimum absolute atomic E-state index is 0.0316. The summed E-state index contributed by atoms with van der Waals surface area (Å²) in [6.45, 7) is 3.49. The van der Waals surface area contributed by atoms with E-state index in [-0.39, 0.29) is 23.3 Å². The number of amides is 2. The highest BCUT2D eigenvalue weighted by Gasteiger charge is 2.12. The Hall–Kier alpha value is -4.31. The third kappa shape index (κ3) is 6.68. The van der Waals surface area contributed by atoms with Crippen LogP contribution < -0.4 is 15.4 Å². The molecule has 0 radical (unpaired) electrons. The Balaban J connectivity index is 1.34. The van der Waals surface area contributed by atoms with Crippen LogP contribution in [0.3, 0.4) is 0 Å². The second kappa shape index (κ2) is 12.1. The van der Waals surface area contributed by atoms with Crippen molar-refractivity contribution in [2.45, 2.75) is 18.4 Å². The van der Waals surface area contributed by atoms with Gasteiger partial charge in [-0.2, -0.15) is 0 Å². The number of nitrogens with one attached hydrogen (secondary N) is 2. The smallest absolute Gasteiger partial charge is 0.269 e. The number of nitrogens with zero attached hydrogens (tertiary/aromatic N) is 2. The Labute approximate surface area is 218 Å². The summed E-state index contributed by atoms with van der Waals surface area (Å²) >= 11 is 1.41. The van der Waals surface area contributed by atoms with Crippen molar-refractivity contribution in [2.24, 2.45) is 0 Å². The molecule has 0 aliphatic rings. The van der Waals surface area contributed by atoms with Crippen LogP contribution in [0.4, 0.5) is 11.4 Å². The number of nitro benzene ring substituents is 1. The van der Waals surface area contributed by atoms with Crippen molar-refractivity contribution in [1.82, 2.24) is 9.88 Å². The van der Waals surface area contributed by atoms with E-state index in [1.54, 1.807) is 24.3 Å². The minimum Gasteiger partial charge on any atom is -0.494 e. The van der Waals surface area contributed by atoms with Gasteiger partial charge in [0.05, 0.1) is 17.3 Å². The van der Waals surface area contributed by atoms with E-state index in [2.05, 4.69) is 15.2 Å². The van der Waals surface area contributed by atoms with Crippen molar-refractivity contribution in [3.63, 3.8) is 0 Å². The molecule has 1 heterocycles. The molecule has 0 fully saturated rings. The molecule has 4 aromatic rings. The molecule has 0 bridgehead atoms. The van der Waals surface area contributed by atoms with Gasteiger partial charge in [-0.15, -0.1) is 11.8 Å². The van der Waals surface area contributed by atoms with Crippen molar-refractivity contribution >= 4 is 45.9 Å². The van der Waals surface area contributed by atoms with Gasteiger partial charge in [-0.1, -0.05) is 18.2 Å². The zero-order chi connectivity index (χ0) is 26.2. The molecule has 10 heteroatoms. The van der Waals surface area contributed by atoms with Crippen LogP contribution in [0.25, 0.3) is 10.9 Å². The molecule has 0 aliphatic heterocycles. The highest BCUT2D eigenvalue weighted by Crippen LogP contribution is 2.30. The summed E-state index contributed by atoms with van der Waals surface area (Å²) in [5.41, 5.74) is 2.05. The van der Waals surface area contributed by atoms with E-state index in [4.69, 9.17) is 4.74 Å². The molecule has 0 aliphatic carbocycles. The summed E-state index contributed by atoms with van der Waals surface area (Å²) in [7, 11) is 0. The Morgan fingerprint density at radius 3 is 2.46 bits per heavy atom. The number of hydrogen-bond donors (Lipinski definition) is 2. The number of aromatic nitrogens is 1. The number of non-ortho nitro benzene ring substituents is 1. The summed E-state index contributed by atoms with van der Waals surface area (Å²) in [5.74, 6) is 0.541. The molecule has 190 valence electrons. The Morgan fingerprint density at radius 2 is 1.76 bits per heavy atom. The van der Waals surface area contributed by atoms with E-state index in [1.807, 2.05) is 37.4 Å². The monoisotopic (exact) mass is 518 g/mol. The number of hydrogen-bond acceptors (Lipinski definition) is 6. The molecule has 2 N–H and O–H groups in total. The standard InChI is InChI=1S/C27H26N4O5S/c1-2-36-22-13-7-19(8-14-22)27(33)28-15-16-30-17-25(23-5-3-4-6-24(23)30)37-18-26(32)29-20-9-11-21(12-10-20)31(34)35/h3-14,17H,2,15-16,18H2,1H3,(H,28,33)(H,29,32). The highest BCUT2D eigenvalue weighted by molar-refractivity contribution is 8.00.